The Labute approximate surface area is 126 Å². The second-order valence-electron chi connectivity index (χ2n) is 4.19. The van der Waals surface area contributed by atoms with Crippen molar-refractivity contribution in [1.82, 2.24) is 0 Å². The fourth-order valence-corrected chi connectivity index (χ4v) is 2.54. The maximum atomic E-state index is 10.6. The lowest BCUT2D eigenvalue weighted by Crippen LogP contribution is -2.33. The monoisotopic (exact) mass is 317 g/mol. The zero-order valence-electron chi connectivity index (χ0n) is 11.3. The van der Waals surface area contributed by atoms with Gasteiger partial charge in [0.15, 0.2) is 0 Å². The molecule has 0 aliphatic heterocycles. The minimum atomic E-state index is -1.09. The van der Waals surface area contributed by atoms with Gasteiger partial charge < -0.3 is 21.1 Å². The summed E-state index contributed by atoms with van der Waals surface area (Å²) in [6.45, 7) is 0. The Hall–Kier alpha value is -1.80. The lowest BCUT2D eigenvalue weighted by molar-refractivity contribution is -0.138. The van der Waals surface area contributed by atoms with Gasteiger partial charge in [-0.25, -0.2) is 9.59 Å². The van der Waals surface area contributed by atoms with E-state index in [0.29, 0.717) is 19.3 Å². The van der Waals surface area contributed by atoms with E-state index in [9.17, 15) is 14.4 Å². The van der Waals surface area contributed by atoms with Gasteiger partial charge in [0.25, 0.3) is 0 Å². The van der Waals surface area contributed by atoms with Crippen LogP contribution in [0.5, 0.6) is 0 Å². The molecule has 0 saturated carbocycles. The van der Waals surface area contributed by atoms with Crippen molar-refractivity contribution >= 4 is 29.7 Å². The summed E-state index contributed by atoms with van der Waals surface area (Å²) in [5, 5.41) is 25.7. The van der Waals surface area contributed by atoms with E-state index in [2.05, 4.69) is 0 Å². The summed E-state index contributed by atoms with van der Waals surface area (Å²) in [7, 11) is 0. The molecule has 0 aromatic rings. The summed E-state index contributed by atoms with van der Waals surface area (Å²) in [5.74, 6) is -2.96. The van der Waals surface area contributed by atoms with Gasteiger partial charge in [-0.15, -0.1) is 0 Å². The quantitative estimate of drug-likeness (QED) is 0.413. The Morgan fingerprint density at radius 2 is 1.62 bits per heavy atom. The minimum absolute atomic E-state index is 0.0237. The molecule has 0 bridgehead atoms. The van der Waals surface area contributed by atoms with Crippen LogP contribution in [0.15, 0.2) is 24.3 Å². The van der Waals surface area contributed by atoms with Crippen LogP contribution in [-0.2, 0) is 14.4 Å². The molecule has 0 aromatic carbocycles. The van der Waals surface area contributed by atoms with Gasteiger partial charge >= 0.3 is 17.9 Å². The number of carbonyl (C=O) groups is 3. The van der Waals surface area contributed by atoms with Crippen LogP contribution in [0.25, 0.3) is 0 Å². The van der Waals surface area contributed by atoms with Gasteiger partial charge in [-0.3, -0.25) is 4.79 Å². The number of carboxylic acid groups (broad SMARTS) is 3. The molecule has 0 heterocycles. The molecule has 21 heavy (non-hydrogen) atoms. The average molecular weight is 317 g/mol. The number of hydrogen-bond donors (Lipinski definition) is 4. The van der Waals surface area contributed by atoms with E-state index < -0.39 is 23.9 Å². The molecule has 0 radical (unpaired) electrons. The number of nitrogens with two attached hydrogens (primary N) is 1. The zero-order valence-corrected chi connectivity index (χ0v) is 12.2. The van der Waals surface area contributed by atoms with Crippen molar-refractivity contribution in [3.8, 4) is 0 Å². The highest BCUT2D eigenvalue weighted by atomic mass is 32.2. The number of carboxylic acids is 3. The Morgan fingerprint density at radius 1 is 1.05 bits per heavy atom. The first-order valence-electron chi connectivity index (χ1n) is 6.21. The molecule has 0 spiro atoms. The molecule has 0 aliphatic rings. The van der Waals surface area contributed by atoms with Gasteiger partial charge in [0.05, 0.1) is 0 Å². The molecular formula is C13H19NO6S. The van der Waals surface area contributed by atoms with Crippen molar-refractivity contribution in [2.24, 2.45) is 5.73 Å². The van der Waals surface area contributed by atoms with Crippen LogP contribution in [0.3, 0.4) is 0 Å². The van der Waals surface area contributed by atoms with Crippen molar-refractivity contribution in [1.29, 1.82) is 0 Å². The maximum Gasteiger partial charge on any atom is 0.327 e. The van der Waals surface area contributed by atoms with E-state index >= 15 is 0 Å². The molecule has 0 aliphatic carbocycles. The lowest BCUT2D eigenvalue weighted by atomic mass is 10.1. The molecule has 0 rings (SSSR count). The van der Waals surface area contributed by atoms with Gasteiger partial charge in [0.1, 0.15) is 6.04 Å². The predicted molar refractivity (Wildman–Crippen MR) is 79.3 cm³/mol. The first-order chi connectivity index (χ1) is 9.82. The van der Waals surface area contributed by atoms with Crippen LogP contribution in [0.2, 0.25) is 0 Å². The highest BCUT2D eigenvalue weighted by Crippen LogP contribution is 2.21. The summed E-state index contributed by atoms with van der Waals surface area (Å²) in [5.41, 5.74) is 5.41. The second-order valence-corrected chi connectivity index (χ2v) is 5.53. The predicted octanol–water partition coefficient (Wildman–Crippen LogP) is 0.952. The lowest BCUT2D eigenvalue weighted by Gasteiger charge is -2.15. The van der Waals surface area contributed by atoms with E-state index in [1.165, 1.54) is 23.9 Å². The molecule has 8 heteroatoms. The molecule has 0 aromatic heterocycles. The number of hydrogen-bond acceptors (Lipinski definition) is 5. The van der Waals surface area contributed by atoms with Crippen molar-refractivity contribution < 1.29 is 29.7 Å². The van der Waals surface area contributed by atoms with Gasteiger partial charge in [-0.2, -0.15) is 11.8 Å². The third-order valence-corrected chi connectivity index (χ3v) is 3.85. The van der Waals surface area contributed by atoms with Crippen LogP contribution in [0.1, 0.15) is 19.3 Å². The fraction of sp³-hybridized carbons (Fsp3) is 0.462. The number of aliphatic carboxylic acids is 3. The first-order valence-corrected chi connectivity index (χ1v) is 7.26. The number of thioether (sulfide) groups is 1. The van der Waals surface area contributed by atoms with Crippen molar-refractivity contribution in [2.45, 2.75) is 30.6 Å². The Balaban J connectivity index is 4.35. The highest BCUT2D eigenvalue weighted by Gasteiger charge is 2.15. The van der Waals surface area contributed by atoms with E-state index in [4.69, 9.17) is 21.1 Å². The van der Waals surface area contributed by atoms with Crippen molar-refractivity contribution in [3.63, 3.8) is 0 Å². The Kier molecular flexibility index (Phi) is 9.99. The summed E-state index contributed by atoms with van der Waals surface area (Å²) < 4.78 is 0. The molecule has 2 atom stereocenters. The van der Waals surface area contributed by atoms with Gasteiger partial charge in [0, 0.05) is 23.2 Å². The third kappa shape index (κ3) is 11.7. The van der Waals surface area contributed by atoms with Crippen LogP contribution in [0.4, 0.5) is 0 Å². The Bertz CT molecular complexity index is 421. The van der Waals surface area contributed by atoms with Crippen molar-refractivity contribution in [2.75, 3.05) is 5.75 Å². The van der Waals surface area contributed by atoms with E-state index in [1.807, 2.05) is 0 Å². The van der Waals surface area contributed by atoms with Crippen LogP contribution >= 0.6 is 11.8 Å². The summed E-state index contributed by atoms with van der Waals surface area (Å²) in [4.78, 5) is 31.4. The summed E-state index contributed by atoms with van der Waals surface area (Å²) >= 11 is 1.34. The molecule has 0 amide bonds. The van der Waals surface area contributed by atoms with Crippen molar-refractivity contribution in [3.05, 3.63) is 24.3 Å². The van der Waals surface area contributed by atoms with Crippen LogP contribution in [-0.4, -0.2) is 50.3 Å². The molecule has 0 saturated heterocycles. The normalized spacial score (nSPS) is 14.3. The molecule has 1 unspecified atom stereocenters. The van der Waals surface area contributed by atoms with Crippen LogP contribution < -0.4 is 5.73 Å². The zero-order chi connectivity index (χ0) is 16.3. The largest absolute Gasteiger partial charge is 0.480 e. The third-order valence-electron chi connectivity index (χ3n) is 2.40. The standard InChI is InChI=1S/C13H19NO6S/c14-10(13(19)20)8-21-9(5-3-7-12(17)18)4-1-2-6-11(15)16/h2-3,6-7,9-10H,1,4-5,8,14H2,(H,15,16)(H,17,18)(H,19,20)/t9?,10-/m0/s1. The summed E-state index contributed by atoms with van der Waals surface area (Å²) in [6, 6.07) is -0.976. The molecule has 0 fully saturated rings. The van der Waals surface area contributed by atoms with Gasteiger partial charge in [0.2, 0.25) is 0 Å². The SMILES string of the molecule is N[C@@H](CSC(CC=CC(=O)O)CCC=CC(=O)O)C(=O)O. The van der Waals surface area contributed by atoms with Gasteiger partial charge in [-0.1, -0.05) is 12.2 Å². The highest BCUT2D eigenvalue weighted by molar-refractivity contribution is 8.00. The van der Waals surface area contributed by atoms with Gasteiger partial charge in [-0.05, 0) is 19.3 Å². The van der Waals surface area contributed by atoms with E-state index in [-0.39, 0.29) is 11.0 Å². The topological polar surface area (TPSA) is 138 Å². The minimum Gasteiger partial charge on any atom is -0.480 e. The van der Waals surface area contributed by atoms with E-state index in [1.54, 1.807) is 0 Å². The number of rotatable bonds is 11. The second kappa shape index (κ2) is 10.9. The summed E-state index contributed by atoms with van der Waals surface area (Å²) in [6.07, 6.45) is 6.62. The first kappa shape index (κ1) is 19.2. The Morgan fingerprint density at radius 3 is 2.14 bits per heavy atom. The molecule has 118 valence electrons. The molecule has 5 N–H and O–H groups in total. The van der Waals surface area contributed by atoms with Crippen LogP contribution in [0, 0.1) is 0 Å². The molecule has 7 nitrogen and oxygen atoms in total. The average Bonchev–Trinajstić information content (AvgIpc) is 2.38. The molecular weight excluding hydrogens is 298 g/mol. The fourth-order valence-electron chi connectivity index (χ4n) is 1.37. The smallest absolute Gasteiger partial charge is 0.327 e. The maximum absolute atomic E-state index is 10.6. The van der Waals surface area contributed by atoms with E-state index in [0.717, 1.165) is 12.2 Å². The number of allylic oxidation sites excluding steroid dienone is 2.